The Balaban J connectivity index is 0.00000280. The van der Waals surface area contributed by atoms with Gasteiger partial charge in [-0.1, -0.05) is 43.3 Å². The van der Waals surface area contributed by atoms with Gasteiger partial charge in [-0.15, -0.1) is 12.4 Å². The number of aryl methyl sites for hydroxylation is 2. The summed E-state index contributed by atoms with van der Waals surface area (Å²) >= 11 is 1.31. The van der Waals surface area contributed by atoms with Crippen molar-refractivity contribution in [2.45, 2.75) is 33.6 Å². The molecule has 0 radical (unpaired) electrons. The summed E-state index contributed by atoms with van der Waals surface area (Å²) in [6, 6.07) is 14.6. The number of likely N-dealkylation sites (N-methyl/N-ethyl adjacent to an activating group) is 1. The third kappa shape index (κ3) is 6.03. The first-order valence-electron chi connectivity index (χ1n) is 9.38. The molecule has 0 bridgehead atoms. The van der Waals surface area contributed by atoms with Crippen LogP contribution >= 0.6 is 23.9 Å². The van der Waals surface area contributed by atoms with E-state index in [2.05, 4.69) is 66.3 Å². The van der Waals surface area contributed by atoms with Crippen LogP contribution in [0, 0.1) is 13.8 Å². The Morgan fingerprint density at radius 2 is 1.82 bits per heavy atom. The van der Waals surface area contributed by atoms with E-state index in [-0.39, 0.29) is 12.4 Å². The largest absolute Gasteiger partial charge is 0.430 e. The first-order valence-corrected chi connectivity index (χ1v) is 10.2. The first-order chi connectivity index (χ1) is 13.0. The van der Waals surface area contributed by atoms with E-state index in [1.807, 2.05) is 18.2 Å². The van der Waals surface area contributed by atoms with Gasteiger partial charge in [0.15, 0.2) is 5.82 Å². The molecule has 0 amide bonds. The molecule has 0 spiro atoms. The third-order valence-electron chi connectivity index (χ3n) is 4.79. The quantitative estimate of drug-likeness (QED) is 0.488. The highest BCUT2D eigenvalue weighted by Gasteiger charge is 2.11. The van der Waals surface area contributed by atoms with Crippen LogP contribution < -0.4 is 4.74 Å². The molecule has 2 aromatic carbocycles. The molecule has 0 saturated heterocycles. The zero-order chi connectivity index (χ0) is 19.2. The van der Waals surface area contributed by atoms with Crippen molar-refractivity contribution in [3.63, 3.8) is 0 Å². The lowest BCUT2D eigenvalue weighted by atomic mass is 10.0. The number of hydrogen-bond acceptors (Lipinski definition) is 5. The van der Waals surface area contributed by atoms with E-state index in [1.165, 1.54) is 28.2 Å². The molecule has 0 saturated carbocycles. The number of benzene rings is 2. The maximum absolute atomic E-state index is 6.04. The fraction of sp³-hybridized carbons (Fsp3) is 0.364. The number of nitrogens with zero attached hydrogens (tertiary/aromatic N) is 3. The zero-order valence-corrected chi connectivity index (χ0v) is 18.6. The summed E-state index contributed by atoms with van der Waals surface area (Å²) in [7, 11) is 2.15. The number of aromatic nitrogens is 2. The van der Waals surface area contributed by atoms with Crippen LogP contribution in [-0.4, -0.2) is 34.4 Å². The van der Waals surface area contributed by atoms with Gasteiger partial charge in [0, 0.05) is 24.5 Å². The fourth-order valence-electron chi connectivity index (χ4n) is 2.92. The number of hydrogen-bond donors (Lipinski definition) is 0. The van der Waals surface area contributed by atoms with E-state index in [0.717, 1.165) is 43.1 Å². The molecule has 0 aliphatic heterocycles. The Bertz CT molecular complexity index is 883. The SMILES string of the molecule is CCN(C)CCc1cc(C)c(Oc2nc(Cc3ccccc3)ns2)cc1C.Cl. The lowest BCUT2D eigenvalue weighted by molar-refractivity contribution is 0.357. The standard InChI is InChI=1S/C22H27N3OS.ClH/c1-5-25(4)12-11-19-13-17(3)20(14-16(19)2)26-22-23-21(24-27-22)15-18-9-7-6-8-10-18;/h6-10,13-14H,5,11-12,15H2,1-4H3;1H. The summed E-state index contributed by atoms with van der Waals surface area (Å²) < 4.78 is 10.5. The van der Waals surface area contributed by atoms with Gasteiger partial charge in [-0.2, -0.15) is 9.36 Å². The molecule has 6 heteroatoms. The lowest BCUT2D eigenvalue weighted by Gasteiger charge is -2.16. The maximum Gasteiger partial charge on any atom is 0.298 e. The van der Waals surface area contributed by atoms with E-state index in [4.69, 9.17) is 4.74 Å². The summed E-state index contributed by atoms with van der Waals surface area (Å²) in [5.41, 5.74) is 4.97. The second kappa shape index (κ2) is 10.6. The summed E-state index contributed by atoms with van der Waals surface area (Å²) in [4.78, 5) is 6.87. The molecule has 1 aromatic heterocycles. The van der Waals surface area contributed by atoms with Crippen LogP contribution in [0.15, 0.2) is 42.5 Å². The minimum absolute atomic E-state index is 0. The van der Waals surface area contributed by atoms with Gasteiger partial charge >= 0.3 is 0 Å². The molecule has 0 aliphatic carbocycles. The number of rotatable bonds is 8. The molecule has 4 nitrogen and oxygen atoms in total. The van der Waals surface area contributed by atoms with E-state index in [1.54, 1.807) is 0 Å². The second-order valence-electron chi connectivity index (χ2n) is 6.93. The summed E-state index contributed by atoms with van der Waals surface area (Å²) in [5.74, 6) is 1.66. The molecule has 3 rings (SSSR count). The van der Waals surface area contributed by atoms with Gasteiger partial charge in [0.25, 0.3) is 5.19 Å². The highest BCUT2D eigenvalue weighted by molar-refractivity contribution is 7.07. The highest BCUT2D eigenvalue weighted by Crippen LogP contribution is 2.29. The topological polar surface area (TPSA) is 38.2 Å². The molecular formula is C22H28ClN3OS. The summed E-state index contributed by atoms with van der Waals surface area (Å²) in [6.45, 7) is 8.56. The maximum atomic E-state index is 6.04. The summed E-state index contributed by atoms with van der Waals surface area (Å²) in [5, 5.41) is 0.599. The molecular weight excluding hydrogens is 390 g/mol. The molecule has 0 aliphatic rings. The molecule has 0 atom stereocenters. The predicted octanol–water partition coefficient (Wildman–Crippen LogP) is 5.45. The average molecular weight is 418 g/mol. The average Bonchev–Trinajstić information content (AvgIpc) is 3.10. The van der Waals surface area contributed by atoms with Crippen molar-refractivity contribution in [1.29, 1.82) is 0 Å². The van der Waals surface area contributed by atoms with Crippen molar-refractivity contribution in [2.24, 2.45) is 0 Å². The molecule has 0 fully saturated rings. The van der Waals surface area contributed by atoms with E-state index < -0.39 is 0 Å². The van der Waals surface area contributed by atoms with Crippen LogP contribution in [0.5, 0.6) is 10.9 Å². The van der Waals surface area contributed by atoms with Crippen molar-refractivity contribution in [3.8, 4) is 10.9 Å². The molecule has 1 heterocycles. The number of ether oxygens (including phenoxy) is 1. The Labute approximate surface area is 178 Å². The van der Waals surface area contributed by atoms with Gasteiger partial charge in [0.05, 0.1) is 0 Å². The third-order valence-corrected chi connectivity index (χ3v) is 5.42. The fourth-order valence-corrected chi connectivity index (χ4v) is 3.48. The minimum atomic E-state index is 0. The first kappa shape index (κ1) is 22.3. The highest BCUT2D eigenvalue weighted by atomic mass is 35.5. The summed E-state index contributed by atoms with van der Waals surface area (Å²) in [6.07, 6.45) is 1.78. The monoisotopic (exact) mass is 417 g/mol. The Hall–Kier alpha value is -1.95. The van der Waals surface area contributed by atoms with Gasteiger partial charge in [0.2, 0.25) is 0 Å². The van der Waals surface area contributed by atoms with Gasteiger partial charge < -0.3 is 9.64 Å². The molecule has 28 heavy (non-hydrogen) atoms. The Morgan fingerprint density at radius 3 is 2.54 bits per heavy atom. The van der Waals surface area contributed by atoms with Crippen LogP contribution in [-0.2, 0) is 12.8 Å². The minimum Gasteiger partial charge on any atom is -0.430 e. The second-order valence-corrected chi connectivity index (χ2v) is 7.65. The predicted molar refractivity (Wildman–Crippen MR) is 119 cm³/mol. The van der Waals surface area contributed by atoms with Gasteiger partial charge in [-0.3, -0.25) is 0 Å². The van der Waals surface area contributed by atoms with Crippen molar-refractivity contribution < 1.29 is 4.74 Å². The van der Waals surface area contributed by atoms with Crippen LogP contribution in [0.1, 0.15) is 35.0 Å². The normalized spacial score (nSPS) is 10.8. The van der Waals surface area contributed by atoms with Crippen LogP contribution in [0.4, 0.5) is 0 Å². The van der Waals surface area contributed by atoms with Gasteiger partial charge in [-0.25, -0.2) is 0 Å². The molecule has 0 N–H and O–H groups in total. The number of halogens is 1. The van der Waals surface area contributed by atoms with Gasteiger partial charge in [0.1, 0.15) is 5.75 Å². The van der Waals surface area contributed by atoms with E-state index in [9.17, 15) is 0 Å². The van der Waals surface area contributed by atoms with Crippen LogP contribution in [0.3, 0.4) is 0 Å². The smallest absolute Gasteiger partial charge is 0.298 e. The molecule has 3 aromatic rings. The Morgan fingerprint density at radius 1 is 1.07 bits per heavy atom. The molecule has 150 valence electrons. The van der Waals surface area contributed by atoms with E-state index >= 15 is 0 Å². The van der Waals surface area contributed by atoms with E-state index in [0.29, 0.717) is 5.19 Å². The Kier molecular flexibility index (Phi) is 8.42. The van der Waals surface area contributed by atoms with Gasteiger partial charge in [-0.05, 0) is 62.2 Å². The van der Waals surface area contributed by atoms with Crippen molar-refractivity contribution in [3.05, 3.63) is 70.5 Å². The zero-order valence-electron chi connectivity index (χ0n) is 16.9. The van der Waals surface area contributed by atoms with Crippen molar-refractivity contribution in [2.75, 3.05) is 20.1 Å². The van der Waals surface area contributed by atoms with Crippen molar-refractivity contribution in [1.82, 2.24) is 14.3 Å². The van der Waals surface area contributed by atoms with Crippen LogP contribution in [0.2, 0.25) is 0 Å². The van der Waals surface area contributed by atoms with Crippen molar-refractivity contribution >= 4 is 23.9 Å². The lowest BCUT2D eigenvalue weighted by Crippen LogP contribution is -2.20. The van der Waals surface area contributed by atoms with Crippen LogP contribution in [0.25, 0.3) is 0 Å². The molecule has 0 unspecified atom stereocenters.